The second kappa shape index (κ2) is 8.93. The third-order valence-corrected chi connectivity index (χ3v) is 4.64. The molecule has 0 radical (unpaired) electrons. The standard InChI is InChI=1S/C18H16BrClN6O3/c1-29-14-7-6-12(8-13(14)20)22-15(27)9-26-17(21)16(24-25-26)18(28)23-11-4-2-10(19)3-5-11/h2-8H,9,21H2,1H3,(H,22,27)(H,23,28). The van der Waals surface area contributed by atoms with Crippen LogP contribution >= 0.6 is 27.5 Å². The van der Waals surface area contributed by atoms with Crippen molar-refractivity contribution in [3.8, 4) is 5.75 Å². The van der Waals surface area contributed by atoms with Crippen LogP contribution in [0, 0.1) is 0 Å². The molecule has 2 aromatic carbocycles. The molecule has 0 atom stereocenters. The molecule has 11 heteroatoms. The summed E-state index contributed by atoms with van der Waals surface area (Å²) in [6, 6.07) is 11.8. The van der Waals surface area contributed by atoms with E-state index < -0.39 is 11.8 Å². The number of nitrogens with two attached hydrogens (primary N) is 1. The molecule has 0 aliphatic heterocycles. The highest BCUT2D eigenvalue weighted by molar-refractivity contribution is 9.10. The zero-order valence-electron chi connectivity index (χ0n) is 15.1. The Balaban J connectivity index is 1.65. The monoisotopic (exact) mass is 478 g/mol. The number of carbonyl (C=O) groups is 2. The first-order valence-corrected chi connectivity index (χ1v) is 9.43. The van der Waals surface area contributed by atoms with Gasteiger partial charge in [-0.25, -0.2) is 4.68 Å². The SMILES string of the molecule is COc1ccc(NC(=O)Cn2nnc(C(=O)Nc3ccc(Br)cc3)c2N)cc1Cl. The fourth-order valence-corrected chi connectivity index (χ4v) is 2.93. The minimum absolute atomic E-state index is 0.0254. The van der Waals surface area contributed by atoms with Crippen molar-refractivity contribution in [2.45, 2.75) is 6.54 Å². The van der Waals surface area contributed by atoms with Crippen molar-refractivity contribution < 1.29 is 14.3 Å². The van der Waals surface area contributed by atoms with Crippen molar-refractivity contribution in [1.82, 2.24) is 15.0 Å². The fourth-order valence-electron chi connectivity index (χ4n) is 2.40. The predicted molar refractivity (Wildman–Crippen MR) is 113 cm³/mol. The summed E-state index contributed by atoms with van der Waals surface area (Å²) in [5.41, 5.74) is 6.91. The molecule has 0 spiro atoms. The molecular weight excluding hydrogens is 464 g/mol. The highest BCUT2D eigenvalue weighted by atomic mass is 79.9. The van der Waals surface area contributed by atoms with E-state index in [2.05, 4.69) is 36.9 Å². The zero-order valence-corrected chi connectivity index (χ0v) is 17.5. The number of methoxy groups -OCH3 is 1. The maximum absolute atomic E-state index is 12.4. The number of rotatable bonds is 6. The average molecular weight is 480 g/mol. The van der Waals surface area contributed by atoms with Gasteiger partial charge in [-0.05, 0) is 42.5 Å². The van der Waals surface area contributed by atoms with Crippen LogP contribution in [0.2, 0.25) is 5.02 Å². The van der Waals surface area contributed by atoms with Crippen LogP contribution in [0.15, 0.2) is 46.9 Å². The lowest BCUT2D eigenvalue weighted by atomic mass is 10.3. The van der Waals surface area contributed by atoms with Crippen molar-refractivity contribution in [1.29, 1.82) is 0 Å². The van der Waals surface area contributed by atoms with Gasteiger partial charge in [0.05, 0.1) is 12.1 Å². The number of nitrogens with one attached hydrogen (secondary N) is 2. The number of ether oxygens (including phenoxy) is 1. The van der Waals surface area contributed by atoms with E-state index in [0.29, 0.717) is 22.1 Å². The lowest BCUT2D eigenvalue weighted by Gasteiger charge is -2.08. The third kappa shape index (κ3) is 5.04. The number of hydrogen-bond acceptors (Lipinski definition) is 6. The van der Waals surface area contributed by atoms with Crippen LogP contribution in [0.5, 0.6) is 5.75 Å². The molecule has 1 heterocycles. The minimum atomic E-state index is -0.529. The average Bonchev–Trinajstić information content (AvgIpc) is 3.04. The van der Waals surface area contributed by atoms with E-state index in [-0.39, 0.29) is 18.1 Å². The molecule has 0 aliphatic carbocycles. The predicted octanol–water partition coefficient (Wildman–Crippen LogP) is 3.18. The summed E-state index contributed by atoms with van der Waals surface area (Å²) < 4.78 is 7.08. The normalized spacial score (nSPS) is 10.4. The first-order valence-electron chi connectivity index (χ1n) is 8.26. The molecule has 3 aromatic rings. The van der Waals surface area contributed by atoms with Crippen molar-refractivity contribution >= 4 is 56.5 Å². The molecule has 150 valence electrons. The van der Waals surface area contributed by atoms with Crippen LogP contribution in [0.4, 0.5) is 17.2 Å². The second-order valence-corrected chi connectivity index (χ2v) is 7.16. The Morgan fingerprint density at radius 2 is 1.86 bits per heavy atom. The maximum Gasteiger partial charge on any atom is 0.280 e. The van der Waals surface area contributed by atoms with Gasteiger partial charge in [-0.2, -0.15) is 0 Å². The van der Waals surface area contributed by atoms with Crippen LogP contribution in [0.25, 0.3) is 0 Å². The molecular formula is C18H16BrClN6O3. The van der Waals surface area contributed by atoms with Crippen molar-refractivity contribution in [2.75, 3.05) is 23.5 Å². The molecule has 0 saturated heterocycles. The van der Waals surface area contributed by atoms with Crippen LogP contribution in [-0.2, 0) is 11.3 Å². The molecule has 0 fully saturated rings. The number of nitrogen functional groups attached to an aromatic ring is 1. The molecule has 0 bridgehead atoms. The van der Waals surface area contributed by atoms with Gasteiger partial charge in [-0.15, -0.1) is 5.10 Å². The lowest BCUT2D eigenvalue weighted by molar-refractivity contribution is -0.116. The Labute approximate surface area is 179 Å². The van der Waals surface area contributed by atoms with Gasteiger partial charge in [-0.1, -0.05) is 32.7 Å². The first kappa shape index (κ1) is 20.6. The summed E-state index contributed by atoms with van der Waals surface area (Å²) in [5, 5.41) is 13.3. The molecule has 29 heavy (non-hydrogen) atoms. The number of anilines is 3. The first-order chi connectivity index (χ1) is 13.9. The van der Waals surface area contributed by atoms with Crippen molar-refractivity contribution in [2.24, 2.45) is 0 Å². The summed E-state index contributed by atoms with van der Waals surface area (Å²) >= 11 is 9.36. The molecule has 3 rings (SSSR count). The molecule has 2 amide bonds. The summed E-state index contributed by atoms with van der Waals surface area (Å²) in [4.78, 5) is 24.6. The van der Waals surface area contributed by atoms with Gasteiger partial charge in [0.15, 0.2) is 11.5 Å². The van der Waals surface area contributed by atoms with E-state index >= 15 is 0 Å². The van der Waals surface area contributed by atoms with E-state index in [0.717, 1.165) is 9.15 Å². The summed E-state index contributed by atoms with van der Waals surface area (Å²) in [6.07, 6.45) is 0. The molecule has 0 saturated carbocycles. The van der Waals surface area contributed by atoms with Crippen molar-refractivity contribution in [3.05, 3.63) is 57.7 Å². The number of hydrogen-bond donors (Lipinski definition) is 3. The van der Waals surface area contributed by atoms with Gasteiger partial charge >= 0.3 is 0 Å². The molecule has 1 aromatic heterocycles. The molecule has 9 nitrogen and oxygen atoms in total. The van der Waals surface area contributed by atoms with E-state index in [4.69, 9.17) is 22.1 Å². The van der Waals surface area contributed by atoms with E-state index in [1.165, 1.54) is 7.11 Å². The largest absolute Gasteiger partial charge is 0.495 e. The molecule has 0 unspecified atom stereocenters. The van der Waals surface area contributed by atoms with Crippen molar-refractivity contribution in [3.63, 3.8) is 0 Å². The van der Waals surface area contributed by atoms with Crippen LogP contribution in [0.3, 0.4) is 0 Å². The van der Waals surface area contributed by atoms with Crippen LogP contribution in [-0.4, -0.2) is 33.9 Å². The van der Waals surface area contributed by atoms with Gasteiger partial charge in [0, 0.05) is 15.8 Å². The van der Waals surface area contributed by atoms with Gasteiger partial charge in [0.25, 0.3) is 5.91 Å². The molecule has 4 N–H and O–H groups in total. The van der Waals surface area contributed by atoms with Crippen LogP contribution < -0.4 is 21.1 Å². The van der Waals surface area contributed by atoms with E-state index in [9.17, 15) is 9.59 Å². The van der Waals surface area contributed by atoms with Gasteiger partial charge < -0.3 is 21.1 Å². The highest BCUT2D eigenvalue weighted by Crippen LogP contribution is 2.27. The number of halogens is 2. The maximum atomic E-state index is 12.4. The third-order valence-electron chi connectivity index (χ3n) is 3.82. The Morgan fingerprint density at radius 1 is 1.17 bits per heavy atom. The number of benzene rings is 2. The summed E-state index contributed by atoms with van der Waals surface area (Å²) in [7, 11) is 1.50. The van der Waals surface area contributed by atoms with Crippen LogP contribution in [0.1, 0.15) is 10.5 Å². The van der Waals surface area contributed by atoms with E-state index in [1.54, 1.807) is 42.5 Å². The minimum Gasteiger partial charge on any atom is -0.495 e. The number of amides is 2. The Morgan fingerprint density at radius 3 is 2.52 bits per heavy atom. The molecule has 0 aliphatic rings. The fraction of sp³-hybridized carbons (Fsp3) is 0.111. The summed E-state index contributed by atoms with van der Waals surface area (Å²) in [5.74, 6) is -0.477. The Hall–Kier alpha value is -3.11. The Kier molecular flexibility index (Phi) is 6.35. The van der Waals surface area contributed by atoms with Gasteiger partial charge in [0.1, 0.15) is 12.3 Å². The quantitative estimate of drug-likeness (QED) is 0.499. The number of carbonyl (C=O) groups excluding carboxylic acids is 2. The van der Waals surface area contributed by atoms with E-state index in [1.807, 2.05) is 0 Å². The summed E-state index contributed by atoms with van der Waals surface area (Å²) in [6.45, 7) is -0.228. The van der Waals surface area contributed by atoms with Gasteiger partial charge in [-0.3, -0.25) is 9.59 Å². The zero-order chi connectivity index (χ0) is 21.0. The Bertz CT molecular complexity index is 1050. The highest BCUT2D eigenvalue weighted by Gasteiger charge is 2.19. The number of nitrogens with zero attached hydrogens (tertiary/aromatic N) is 3. The second-order valence-electron chi connectivity index (χ2n) is 5.84. The topological polar surface area (TPSA) is 124 Å². The lowest BCUT2D eigenvalue weighted by Crippen LogP contribution is -2.21. The van der Waals surface area contributed by atoms with Gasteiger partial charge in [0.2, 0.25) is 5.91 Å². The number of aromatic nitrogens is 3. The smallest absolute Gasteiger partial charge is 0.280 e.